The normalized spacial score (nSPS) is 14.1. The molecule has 4 heterocycles. The molecule has 0 unspecified atom stereocenters. The molecule has 0 spiro atoms. The van der Waals surface area contributed by atoms with Crippen molar-refractivity contribution in [2.24, 2.45) is 0 Å². The van der Waals surface area contributed by atoms with Crippen molar-refractivity contribution in [3.63, 3.8) is 0 Å². The molecular formula is C21H26N4O4S. The first kappa shape index (κ1) is 20.8. The van der Waals surface area contributed by atoms with E-state index in [2.05, 4.69) is 15.0 Å². The molecule has 9 heteroatoms. The summed E-state index contributed by atoms with van der Waals surface area (Å²) in [4.78, 5) is 20.3. The van der Waals surface area contributed by atoms with E-state index in [0.717, 1.165) is 42.1 Å². The van der Waals surface area contributed by atoms with Gasteiger partial charge < -0.3 is 14.3 Å². The minimum Gasteiger partial charge on any atom is -0.462 e. The van der Waals surface area contributed by atoms with Crippen LogP contribution in [0.25, 0.3) is 0 Å². The second-order valence-electron chi connectivity index (χ2n) is 7.32. The monoisotopic (exact) mass is 430 g/mol. The highest BCUT2D eigenvalue weighted by Crippen LogP contribution is 2.26. The molecule has 0 bridgehead atoms. The lowest BCUT2D eigenvalue weighted by Crippen LogP contribution is -2.31. The number of carbonyl (C=O) groups excluding carboxylic acids is 1. The molecule has 1 aliphatic heterocycles. The van der Waals surface area contributed by atoms with E-state index in [0.29, 0.717) is 37.7 Å². The minimum atomic E-state index is -0.371. The molecule has 0 saturated carbocycles. The number of aromatic nitrogens is 3. The topological polar surface area (TPSA) is 93.6 Å². The van der Waals surface area contributed by atoms with Crippen molar-refractivity contribution in [2.45, 2.75) is 52.9 Å². The summed E-state index contributed by atoms with van der Waals surface area (Å²) < 4.78 is 12.9. The predicted molar refractivity (Wildman–Crippen MR) is 111 cm³/mol. The van der Waals surface area contributed by atoms with Gasteiger partial charge in [0.05, 0.1) is 24.4 Å². The van der Waals surface area contributed by atoms with Gasteiger partial charge in [-0.2, -0.15) is 5.10 Å². The molecule has 0 aromatic carbocycles. The van der Waals surface area contributed by atoms with Crippen LogP contribution < -0.4 is 0 Å². The quantitative estimate of drug-likeness (QED) is 0.549. The number of ether oxygens (including phenoxy) is 1. The van der Waals surface area contributed by atoms with Crippen LogP contribution in [0.1, 0.15) is 50.8 Å². The van der Waals surface area contributed by atoms with Crippen molar-refractivity contribution in [2.75, 3.05) is 13.2 Å². The fourth-order valence-corrected chi connectivity index (χ4v) is 4.59. The first-order valence-electron chi connectivity index (χ1n) is 10.1. The van der Waals surface area contributed by atoms with Crippen molar-refractivity contribution in [3.8, 4) is 0 Å². The van der Waals surface area contributed by atoms with E-state index < -0.39 is 0 Å². The maximum atomic E-state index is 12.6. The Balaban J connectivity index is 1.54. The van der Waals surface area contributed by atoms with Gasteiger partial charge in [-0.15, -0.1) is 11.3 Å². The number of carbonyl (C=O) groups is 1. The van der Waals surface area contributed by atoms with Gasteiger partial charge in [-0.3, -0.25) is 9.58 Å². The van der Waals surface area contributed by atoms with E-state index in [1.807, 2.05) is 23.2 Å². The number of hydrogen-bond donors (Lipinski definition) is 1. The zero-order valence-corrected chi connectivity index (χ0v) is 18.1. The molecule has 0 atom stereocenters. The SMILES string of the molecule is CCOC(=O)c1nn(CCc2scnc2C)c2c1CN(Cc1ccc(CO)o1)CC2. The first-order chi connectivity index (χ1) is 14.6. The highest BCUT2D eigenvalue weighted by atomic mass is 32.1. The number of aryl methyl sites for hydroxylation is 3. The Hall–Kier alpha value is -2.49. The average molecular weight is 431 g/mol. The summed E-state index contributed by atoms with van der Waals surface area (Å²) in [5, 5.41) is 13.8. The van der Waals surface area contributed by atoms with Crippen LogP contribution >= 0.6 is 11.3 Å². The molecule has 0 fully saturated rings. The summed E-state index contributed by atoms with van der Waals surface area (Å²) in [5.74, 6) is 0.984. The Morgan fingerprint density at radius 3 is 2.90 bits per heavy atom. The Morgan fingerprint density at radius 1 is 1.37 bits per heavy atom. The van der Waals surface area contributed by atoms with Gasteiger partial charge in [0, 0.05) is 48.6 Å². The molecule has 0 amide bonds. The van der Waals surface area contributed by atoms with E-state index in [9.17, 15) is 9.90 Å². The van der Waals surface area contributed by atoms with Gasteiger partial charge in [-0.25, -0.2) is 9.78 Å². The summed E-state index contributed by atoms with van der Waals surface area (Å²) >= 11 is 1.65. The Bertz CT molecular complexity index is 1020. The summed E-state index contributed by atoms with van der Waals surface area (Å²) in [6.45, 7) is 6.81. The lowest BCUT2D eigenvalue weighted by Gasteiger charge is -2.26. The average Bonchev–Trinajstić information content (AvgIpc) is 3.45. The first-order valence-corrected chi connectivity index (χ1v) is 11.0. The van der Waals surface area contributed by atoms with E-state index in [1.54, 1.807) is 24.3 Å². The van der Waals surface area contributed by atoms with Crippen LogP contribution in [-0.2, 0) is 43.8 Å². The number of esters is 1. The molecule has 4 rings (SSSR count). The molecule has 160 valence electrons. The van der Waals surface area contributed by atoms with Crippen LogP contribution in [-0.4, -0.2) is 43.9 Å². The second-order valence-corrected chi connectivity index (χ2v) is 8.25. The lowest BCUT2D eigenvalue weighted by atomic mass is 10.0. The number of nitrogens with zero attached hydrogens (tertiary/aromatic N) is 4. The van der Waals surface area contributed by atoms with Gasteiger partial charge in [-0.05, 0) is 26.0 Å². The summed E-state index contributed by atoms with van der Waals surface area (Å²) in [7, 11) is 0. The van der Waals surface area contributed by atoms with Gasteiger partial charge in [0.1, 0.15) is 18.1 Å². The largest absolute Gasteiger partial charge is 0.462 e. The van der Waals surface area contributed by atoms with Gasteiger partial charge in [0.15, 0.2) is 5.69 Å². The molecule has 8 nitrogen and oxygen atoms in total. The zero-order chi connectivity index (χ0) is 21.1. The number of rotatable bonds is 8. The predicted octanol–water partition coefficient (Wildman–Crippen LogP) is 2.71. The van der Waals surface area contributed by atoms with Crippen LogP contribution in [0.4, 0.5) is 0 Å². The summed E-state index contributed by atoms with van der Waals surface area (Å²) in [6.07, 6.45) is 1.64. The van der Waals surface area contributed by atoms with Crippen LogP contribution in [0.15, 0.2) is 22.1 Å². The third-order valence-electron chi connectivity index (χ3n) is 5.33. The van der Waals surface area contributed by atoms with Crippen molar-refractivity contribution in [3.05, 3.63) is 56.7 Å². The summed E-state index contributed by atoms with van der Waals surface area (Å²) in [5.41, 5.74) is 5.37. The molecule has 0 aliphatic carbocycles. The Labute approximate surface area is 179 Å². The van der Waals surface area contributed by atoms with Crippen LogP contribution in [0.5, 0.6) is 0 Å². The highest BCUT2D eigenvalue weighted by molar-refractivity contribution is 7.09. The number of thiazole rings is 1. The Morgan fingerprint density at radius 2 is 2.20 bits per heavy atom. The molecule has 3 aromatic rings. The zero-order valence-electron chi connectivity index (χ0n) is 17.3. The molecule has 3 aromatic heterocycles. The van der Waals surface area contributed by atoms with Crippen LogP contribution in [0.2, 0.25) is 0 Å². The molecule has 30 heavy (non-hydrogen) atoms. The smallest absolute Gasteiger partial charge is 0.359 e. The molecule has 1 N–H and O–H groups in total. The minimum absolute atomic E-state index is 0.108. The van der Waals surface area contributed by atoms with Gasteiger partial charge in [0.2, 0.25) is 0 Å². The van der Waals surface area contributed by atoms with E-state index in [4.69, 9.17) is 9.15 Å². The van der Waals surface area contributed by atoms with Gasteiger partial charge in [0.25, 0.3) is 0 Å². The summed E-state index contributed by atoms with van der Waals surface area (Å²) in [6, 6.07) is 3.67. The fourth-order valence-electron chi connectivity index (χ4n) is 3.82. The van der Waals surface area contributed by atoms with Crippen molar-refractivity contribution in [1.29, 1.82) is 0 Å². The number of hydrogen-bond acceptors (Lipinski definition) is 8. The number of aliphatic hydroxyl groups is 1. The highest BCUT2D eigenvalue weighted by Gasteiger charge is 2.29. The van der Waals surface area contributed by atoms with Crippen molar-refractivity contribution >= 4 is 17.3 Å². The van der Waals surface area contributed by atoms with E-state index in [-0.39, 0.29) is 12.6 Å². The number of furan rings is 1. The third-order valence-corrected chi connectivity index (χ3v) is 6.32. The maximum Gasteiger partial charge on any atom is 0.359 e. The van der Waals surface area contributed by atoms with Gasteiger partial charge in [-0.1, -0.05) is 0 Å². The third kappa shape index (κ3) is 4.33. The maximum absolute atomic E-state index is 12.6. The number of fused-ring (bicyclic) bond motifs is 1. The Kier molecular flexibility index (Phi) is 6.31. The van der Waals surface area contributed by atoms with Crippen LogP contribution in [0, 0.1) is 6.92 Å². The molecule has 0 saturated heterocycles. The second kappa shape index (κ2) is 9.11. The van der Waals surface area contributed by atoms with E-state index in [1.165, 1.54) is 4.88 Å². The number of aliphatic hydroxyl groups excluding tert-OH is 1. The van der Waals surface area contributed by atoms with E-state index >= 15 is 0 Å². The molecule has 1 aliphatic rings. The van der Waals surface area contributed by atoms with Crippen molar-refractivity contribution < 1.29 is 19.1 Å². The molecule has 0 radical (unpaired) electrons. The lowest BCUT2D eigenvalue weighted by molar-refractivity contribution is 0.0515. The fraction of sp³-hybridized carbons (Fsp3) is 0.476. The van der Waals surface area contributed by atoms with Crippen molar-refractivity contribution in [1.82, 2.24) is 19.7 Å². The molecular weight excluding hydrogens is 404 g/mol. The van der Waals surface area contributed by atoms with Crippen LogP contribution in [0.3, 0.4) is 0 Å². The van der Waals surface area contributed by atoms with Gasteiger partial charge >= 0.3 is 5.97 Å². The standard InChI is InChI=1S/C21H26N4O4S/c1-3-28-21(27)20-17-11-24(10-15-4-5-16(12-26)29-15)8-6-18(17)25(23-20)9-7-19-14(2)22-13-30-19/h4-5,13,26H,3,6-12H2,1-2H3.